The van der Waals surface area contributed by atoms with E-state index in [-0.39, 0.29) is 17.7 Å². The number of carbonyl (C=O) groups excluding carboxylic acids is 2. The lowest BCUT2D eigenvalue weighted by molar-refractivity contribution is -0.121. The number of aryl methyl sites for hydroxylation is 1. The number of hydrogen-bond acceptors (Lipinski definition) is 2. The molecule has 124 valence electrons. The predicted octanol–water partition coefficient (Wildman–Crippen LogP) is 4.18. The number of halogens is 1. The number of benzene rings is 2. The number of nitrogens with one attached hydrogen (secondary N) is 2. The second-order valence-electron chi connectivity index (χ2n) is 6.10. The highest BCUT2D eigenvalue weighted by Gasteiger charge is 2.26. The molecule has 2 aromatic rings. The summed E-state index contributed by atoms with van der Waals surface area (Å²) in [6, 6.07) is 13.2. The first-order chi connectivity index (χ1) is 11.5. The van der Waals surface area contributed by atoms with Crippen LogP contribution >= 0.6 is 11.6 Å². The fourth-order valence-corrected chi connectivity index (χ4v) is 3.03. The highest BCUT2D eigenvalue weighted by molar-refractivity contribution is 6.31. The van der Waals surface area contributed by atoms with Crippen LogP contribution in [0.3, 0.4) is 0 Å². The highest BCUT2D eigenvalue weighted by atomic mass is 35.5. The molecule has 0 saturated heterocycles. The number of rotatable bonds is 4. The lowest BCUT2D eigenvalue weighted by atomic mass is 9.89. The fourth-order valence-electron chi connectivity index (χ4n) is 2.85. The van der Waals surface area contributed by atoms with Crippen molar-refractivity contribution in [1.82, 2.24) is 0 Å². The van der Waals surface area contributed by atoms with Crippen LogP contribution in [-0.2, 0) is 16.0 Å². The number of fused-ring (bicyclic) bond motifs is 1. The van der Waals surface area contributed by atoms with Gasteiger partial charge < -0.3 is 10.6 Å². The van der Waals surface area contributed by atoms with Gasteiger partial charge in [0, 0.05) is 28.7 Å². The Morgan fingerprint density at radius 1 is 1.29 bits per heavy atom. The fraction of sp³-hybridized carbons (Fsp3) is 0.263. The largest absolute Gasteiger partial charge is 0.326 e. The molecule has 4 nitrogen and oxygen atoms in total. The maximum Gasteiger partial charge on any atom is 0.227 e. The molecule has 1 heterocycles. The van der Waals surface area contributed by atoms with Crippen LogP contribution in [0, 0.1) is 12.8 Å². The van der Waals surface area contributed by atoms with Crippen molar-refractivity contribution in [2.45, 2.75) is 26.2 Å². The van der Waals surface area contributed by atoms with Crippen molar-refractivity contribution in [2.24, 2.45) is 5.92 Å². The molecule has 2 aromatic carbocycles. The molecule has 0 spiro atoms. The molecule has 1 atom stereocenters. The molecule has 0 bridgehead atoms. The van der Waals surface area contributed by atoms with Crippen LogP contribution in [0.2, 0.25) is 5.02 Å². The van der Waals surface area contributed by atoms with E-state index in [9.17, 15) is 9.59 Å². The topological polar surface area (TPSA) is 58.2 Å². The van der Waals surface area contributed by atoms with Gasteiger partial charge in [-0.1, -0.05) is 35.9 Å². The Labute approximate surface area is 146 Å². The first-order valence-corrected chi connectivity index (χ1v) is 8.35. The van der Waals surface area contributed by atoms with Crippen LogP contribution in [-0.4, -0.2) is 11.8 Å². The van der Waals surface area contributed by atoms with E-state index in [1.165, 1.54) is 0 Å². The molecule has 0 aliphatic carbocycles. The molecule has 2 amide bonds. The van der Waals surface area contributed by atoms with Crippen molar-refractivity contribution in [1.29, 1.82) is 0 Å². The lowest BCUT2D eigenvalue weighted by Gasteiger charge is -2.24. The van der Waals surface area contributed by atoms with Crippen molar-refractivity contribution in [3.63, 3.8) is 0 Å². The van der Waals surface area contributed by atoms with Crippen LogP contribution in [0.1, 0.15) is 24.0 Å². The minimum absolute atomic E-state index is 0.0140. The van der Waals surface area contributed by atoms with E-state index in [0.717, 1.165) is 16.8 Å². The summed E-state index contributed by atoms with van der Waals surface area (Å²) < 4.78 is 0. The Bertz CT molecular complexity index is 789. The van der Waals surface area contributed by atoms with Gasteiger partial charge in [0.1, 0.15) is 0 Å². The maximum absolute atomic E-state index is 12.1. The number of carbonyl (C=O) groups is 2. The second kappa shape index (κ2) is 7.05. The summed E-state index contributed by atoms with van der Waals surface area (Å²) >= 11 is 6.06. The molecular formula is C19H19ClN2O2. The van der Waals surface area contributed by atoms with Crippen molar-refractivity contribution in [2.75, 3.05) is 10.6 Å². The third-order valence-electron chi connectivity index (χ3n) is 4.29. The van der Waals surface area contributed by atoms with Crippen molar-refractivity contribution in [3.8, 4) is 0 Å². The van der Waals surface area contributed by atoms with Crippen LogP contribution in [0.4, 0.5) is 11.4 Å². The first kappa shape index (κ1) is 16.5. The second-order valence-corrected chi connectivity index (χ2v) is 6.51. The molecule has 1 aliphatic heterocycles. The van der Waals surface area contributed by atoms with Gasteiger partial charge in [-0.2, -0.15) is 0 Å². The molecule has 24 heavy (non-hydrogen) atoms. The molecule has 0 fully saturated rings. The minimum atomic E-state index is -0.174. The number of para-hydroxylation sites is 1. The minimum Gasteiger partial charge on any atom is -0.326 e. The van der Waals surface area contributed by atoms with Crippen molar-refractivity contribution >= 4 is 34.8 Å². The van der Waals surface area contributed by atoms with Gasteiger partial charge in [-0.05, 0) is 49.1 Å². The van der Waals surface area contributed by atoms with E-state index < -0.39 is 0 Å². The SMILES string of the molecule is Cc1ccc(NC(=O)CC[C@@H]2Cc3ccccc3NC2=O)cc1Cl. The zero-order valence-corrected chi connectivity index (χ0v) is 14.2. The highest BCUT2D eigenvalue weighted by Crippen LogP contribution is 2.27. The number of hydrogen-bond donors (Lipinski definition) is 2. The van der Waals surface area contributed by atoms with Crippen molar-refractivity contribution < 1.29 is 9.59 Å². The molecule has 5 heteroatoms. The van der Waals surface area contributed by atoms with E-state index in [1.807, 2.05) is 43.3 Å². The van der Waals surface area contributed by atoms with Crippen LogP contribution in [0.25, 0.3) is 0 Å². The average molecular weight is 343 g/mol. The summed E-state index contributed by atoms with van der Waals surface area (Å²) in [7, 11) is 0. The standard InChI is InChI=1S/C19H19ClN2O2/c1-12-6-8-15(11-16(12)20)21-18(23)9-7-14-10-13-4-2-3-5-17(13)22-19(14)24/h2-6,8,11,14H,7,9-10H2,1H3,(H,21,23)(H,22,24)/t14-/m1/s1. The Morgan fingerprint density at radius 2 is 2.08 bits per heavy atom. The Hall–Kier alpha value is -2.33. The normalized spacial score (nSPS) is 16.2. The van der Waals surface area contributed by atoms with Gasteiger partial charge in [0.2, 0.25) is 11.8 Å². The smallest absolute Gasteiger partial charge is 0.227 e. The van der Waals surface area contributed by atoms with E-state index in [2.05, 4.69) is 10.6 Å². The maximum atomic E-state index is 12.1. The van der Waals surface area contributed by atoms with Gasteiger partial charge in [0.05, 0.1) is 0 Å². The van der Waals surface area contributed by atoms with E-state index in [4.69, 9.17) is 11.6 Å². The average Bonchev–Trinajstić information content (AvgIpc) is 2.56. The Kier molecular flexibility index (Phi) is 4.86. The zero-order chi connectivity index (χ0) is 17.1. The van der Waals surface area contributed by atoms with E-state index in [0.29, 0.717) is 30.0 Å². The molecule has 3 rings (SSSR count). The summed E-state index contributed by atoms with van der Waals surface area (Å²) in [5, 5.41) is 6.36. The summed E-state index contributed by atoms with van der Waals surface area (Å²) in [4.78, 5) is 24.3. The van der Waals surface area contributed by atoms with Gasteiger partial charge in [-0.3, -0.25) is 9.59 Å². The molecule has 2 N–H and O–H groups in total. The molecule has 1 aliphatic rings. The molecule has 0 aromatic heterocycles. The Balaban J connectivity index is 1.56. The molecule has 0 radical (unpaired) electrons. The van der Waals surface area contributed by atoms with Crippen molar-refractivity contribution in [3.05, 3.63) is 58.6 Å². The van der Waals surface area contributed by atoms with Crippen LogP contribution in [0.5, 0.6) is 0 Å². The predicted molar refractivity (Wildman–Crippen MR) is 96.3 cm³/mol. The van der Waals surface area contributed by atoms with Crippen LogP contribution in [0.15, 0.2) is 42.5 Å². The Morgan fingerprint density at radius 3 is 2.88 bits per heavy atom. The third kappa shape index (κ3) is 3.77. The zero-order valence-electron chi connectivity index (χ0n) is 13.4. The van der Waals surface area contributed by atoms with Crippen LogP contribution < -0.4 is 10.6 Å². The quantitative estimate of drug-likeness (QED) is 0.875. The summed E-state index contributed by atoms with van der Waals surface area (Å²) in [5.74, 6) is -0.297. The molecule has 0 saturated carbocycles. The monoisotopic (exact) mass is 342 g/mol. The molecule has 0 unspecified atom stereocenters. The van der Waals surface area contributed by atoms with Gasteiger partial charge in [0.25, 0.3) is 0 Å². The summed E-state index contributed by atoms with van der Waals surface area (Å²) in [6.45, 7) is 1.91. The van der Waals surface area contributed by atoms with Gasteiger partial charge in [-0.15, -0.1) is 0 Å². The number of amides is 2. The van der Waals surface area contributed by atoms with Gasteiger partial charge >= 0.3 is 0 Å². The van der Waals surface area contributed by atoms with E-state index >= 15 is 0 Å². The van der Waals surface area contributed by atoms with Gasteiger partial charge in [0.15, 0.2) is 0 Å². The number of anilines is 2. The summed E-state index contributed by atoms with van der Waals surface area (Å²) in [6.07, 6.45) is 1.49. The summed E-state index contributed by atoms with van der Waals surface area (Å²) in [5.41, 5.74) is 3.63. The van der Waals surface area contributed by atoms with Gasteiger partial charge in [-0.25, -0.2) is 0 Å². The lowest BCUT2D eigenvalue weighted by Crippen LogP contribution is -2.30. The molecular weight excluding hydrogens is 324 g/mol. The first-order valence-electron chi connectivity index (χ1n) is 7.97. The van der Waals surface area contributed by atoms with E-state index in [1.54, 1.807) is 6.07 Å². The third-order valence-corrected chi connectivity index (χ3v) is 4.69.